The molecule has 0 bridgehead atoms. The maximum atomic E-state index is 2.48. The first kappa shape index (κ1) is 17.1. The van der Waals surface area contributed by atoms with Crippen molar-refractivity contribution in [3.63, 3.8) is 0 Å². The van der Waals surface area contributed by atoms with Crippen LogP contribution in [0.3, 0.4) is 0 Å². The smallest absolute Gasteiger partial charge is 0.0690 e. The number of rotatable bonds is 8. The second-order valence-electron chi connectivity index (χ2n) is 6.90. The van der Waals surface area contributed by atoms with Crippen LogP contribution in [0, 0.1) is 11.8 Å². The Morgan fingerprint density at radius 2 is 1.18 bits per heavy atom. The van der Waals surface area contributed by atoms with E-state index in [0.717, 1.165) is 36.0 Å². The lowest BCUT2D eigenvalue weighted by Gasteiger charge is -2.36. The van der Waals surface area contributed by atoms with Crippen LogP contribution in [0.25, 0.3) is 0 Å². The molecule has 0 aliphatic rings. The van der Waals surface area contributed by atoms with Gasteiger partial charge in [-0.3, -0.25) is 0 Å². The van der Waals surface area contributed by atoms with Crippen molar-refractivity contribution in [2.75, 3.05) is 0 Å². The van der Waals surface area contributed by atoms with Gasteiger partial charge in [0.2, 0.25) is 0 Å². The summed E-state index contributed by atoms with van der Waals surface area (Å²) in [6.07, 6.45) is 4.14. The summed E-state index contributed by atoms with van der Waals surface area (Å²) in [6, 6.07) is 0. The van der Waals surface area contributed by atoms with E-state index in [4.69, 9.17) is 0 Å². The van der Waals surface area contributed by atoms with Crippen molar-refractivity contribution >= 4 is 6.71 Å². The van der Waals surface area contributed by atoms with Gasteiger partial charge in [0.1, 0.15) is 6.71 Å². The molecular formula is C16H35B. The Labute approximate surface area is 111 Å². The van der Waals surface area contributed by atoms with Crippen molar-refractivity contribution in [2.24, 2.45) is 11.8 Å². The lowest BCUT2D eigenvalue weighted by Crippen LogP contribution is -2.33. The molecule has 3 unspecified atom stereocenters. The van der Waals surface area contributed by atoms with Gasteiger partial charge >= 0.3 is 0 Å². The Kier molecular flexibility index (Phi) is 8.25. The van der Waals surface area contributed by atoms with Crippen molar-refractivity contribution in [2.45, 2.75) is 92.1 Å². The van der Waals surface area contributed by atoms with Crippen LogP contribution in [0.5, 0.6) is 0 Å². The third-order valence-electron chi connectivity index (χ3n) is 4.99. The third kappa shape index (κ3) is 5.49. The Morgan fingerprint density at radius 1 is 0.765 bits per heavy atom. The molecule has 17 heavy (non-hydrogen) atoms. The molecule has 0 saturated heterocycles. The summed E-state index contributed by atoms with van der Waals surface area (Å²) in [6.45, 7) is 20.2. The normalized spacial score (nSPS) is 17.3. The first-order chi connectivity index (χ1) is 7.82. The van der Waals surface area contributed by atoms with Crippen LogP contribution in [-0.2, 0) is 0 Å². The van der Waals surface area contributed by atoms with Gasteiger partial charge in [-0.15, -0.1) is 0 Å². The molecule has 0 amide bonds. The SMILES string of the molecule is CCCCC(C)B(C(C)C(C)C)C(C)C(C)C. The summed E-state index contributed by atoms with van der Waals surface area (Å²) < 4.78 is 0. The first-order valence-electron chi connectivity index (χ1n) is 7.82. The zero-order chi connectivity index (χ0) is 13.6. The van der Waals surface area contributed by atoms with E-state index in [1.165, 1.54) is 19.3 Å². The minimum absolute atomic E-state index is 0.810. The molecule has 0 N–H and O–H groups in total. The molecule has 0 rings (SSSR count). The lowest BCUT2D eigenvalue weighted by atomic mass is 9.25. The van der Waals surface area contributed by atoms with Gasteiger partial charge in [0.15, 0.2) is 0 Å². The largest absolute Gasteiger partial charge is 0.149 e. The maximum Gasteiger partial charge on any atom is 0.149 e. The van der Waals surface area contributed by atoms with Crippen LogP contribution in [0.2, 0.25) is 17.5 Å². The van der Waals surface area contributed by atoms with Crippen molar-refractivity contribution in [1.82, 2.24) is 0 Å². The van der Waals surface area contributed by atoms with Gasteiger partial charge in [-0.05, 0) is 0 Å². The Morgan fingerprint density at radius 3 is 1.47 bits per heavy atom. The summed E-state index contributed by atoms with van der Waals surface area (Å²) in [4.78, 5) is 0. The monoisotopic (exact) mass is 238 g/mol. The molecule has 0 heterocycles. The van der Waals surface area contributed by atoms with E-state index in [0.29, 0.717) is 0 Å². The van der Waals surface area contributed by atoms with Gasteiger partial charge in [0.25, 0.3) is 0 Å². The minimum atomic E-state index is 0.810. The van der Waals surface area contributed by atoms with E-state index >= 15 is 0 Å². The average Bonchev–Trinajstić information content (AvgIpc) is 2.25. The second kappa shape index (κ2) is 8.22. The van der Waals surface area contributed by atoms with E-state index in [1.54, 1.807) is 0 Å². The second-order valence-corrected chi connectivity index (χ2v) is 6.90. The molecule has 102 valence electrons. The minimum Gasteiger partial charge on any atom is -0.0690 e. The fourth-order valence-corrected chi connectivity index (χ4v) is 3.12. The summed E-state index contributed by atoms with van der Waals surface area (Å²) in [7, 11) is 0. The summed E-state index contributed by atoms with van der Waals surface area (Å²) in [5.74, 6) is 4.19. The molecule has 0 aliphatic heterocycles. The fraction of sp³-hybridized carbons (Fsp3) is 1.00. The number of unbranched alkanes of at least 4 members (excludes halogenated alkanes) is 1. The number of hydrogen-bond acceptors (Lipinski definition) is 0. The molecule has 0 aliphatic carbocycles. The molecule has 0 saturated carbocycles. The molecule has 0 nitrogen and oxygen atoms in total. The molecule has 0 aromatic carbocycles. The number of hydrogen-bond donors (Lipinski definition) is 0. The van der Waals surface area contributed by atoms with Crippen LogP contribution in [0.1, 0.15) is 74.7 Å². The third-order valence-corrected chi connectivity index (χ3v) is 4.99. The van der Waals surface area contributed by atoms with E-state index in [2.05, 4.69) is 55.4 Å². The van der Waals surface area contributed by atoms with Crippen molar-refractivity contribution < 1.29 is 0 Å². The molecular weight excluding hydrogens is 203 g/mol. The van der Waals surface area contributed by atoms with Gasteiger partial charge in [-0.1, -0.05) is 104 Å². The Bertz CT molecular complexity index is 172. The van der Waals surface area contributed by atoms with Crippen molar-refractivity contribution in [3.8, 4) is 0 Å². The highest BCUT2D eigenvalue weighted by Crippen LogP contribution is 2.40. The van der Waals surface area contributed by atoms with Gasteiger partial charge in [0.05, 0.1) is 0 Å². The zero-order valence-electron chi connectivity index (χ0n) is 13.6. The van der Waals surface area contributed by atoms with Crippen LogP contribution in [0.15, 0.2) is 0 Å². The average molecular weight is 238 g/mol. The van der Waals surface area contributed by atoms with E-state index in [9.17, 15) is 0 Å². The molecule has 0 aromatic heterocycles. The van der Waals surface area contributed by atoms with Crippen LogP contribution >= 0.6 is 0 Å². The predicted molar refractivity (Wildman–Crippen MR) is 83.2 cm³/mol. The van der Waals surface area contributed by atoms with Crippen LogP contribution in [-0.4, -0.2) is 6.71 Å². The van der Waals surface area contributed by atoms with Crippen molar-refractivity contribution in [3.05, 3.63) is 0 Å². The quantitative estimate of drug-likeness (QED) is 0.444. The van der Waals surface area contributed by atoms with Crippen LogP contribution < -0.4 is 0 Å². The van der Waals surface area contributed by atoms with Gasteiger partial charge < -0.3 is 0 Å². The molecule has 0 aromatic rings. The van der Waals surface area contributed by atoms with Crippen LogP contribution in [0.4, 0.5) is 0 Å². The summed E-state index contributed by atoms with van der Waals surface area (Å²) >= 11 is 0. The van der Waals surface area contributed by atoms with Gasteiger partial charge in [-0.2, -0.15) is 0 Å². The maximum absolute atomic E-state index is 2.48. The van der Waals surface area contributed by atoms with E-state index in [-0.39, 0.29) is 0 Å². The molecule has 0 spiro atoms. The highest BCUT2D eigenvalue weighted by atomic mass is 14.2. The first-order valence-corrected chi connectivity index (χ1v) is 7.82. The highest BCUT2D eigenvalue weighted by Gasteiger charge is 2.34. The summed E-state index contributed by atoms with van der Waals surface area (Å²) in [5, 5.41) is 0. The zero-order valence-corrected chi connectivity index (χ0v) is 13.6. The van der Waals surface area contributed by atoms with E-state index < -0.39 is 0 Å². The molecule has 0 fully saturated rings. The Balaban J connectivity index is 4.71. The van der Waals surface area contributed by atoms with Crippen molar-refractivity contribution in [1.29, 1.82) is 0 Å². The highest BCUT2D eigenvalue weighted by molar-refractivity contribution is 6.63. The Hall–Kier alpha value is 0.0649. The molecule has 1 heteroatoms. The van der Waals surface area contributed by atoms with Gasteiger partial charge in [-0.25, -0.2) is 0 Å². The molecule has 3 atom stereocenters. The summed E-state index contributed by atoms with van der Waals surface area (Å²) in [5.41, 5.74) is 0. The standard InChI is InChI=1S/C16H35B/c1-9-10-11-14(6)17(15(7)12(2)3)16(8)13(4)5/h12-16H,9-11H2,1-8H3. The van der Waals surface area contributed by atoms with E-state index in [1.807, 2.05) is 0 Å². The predicted octanol–water partition coefficient (Wildman–Crippen LogP) is 6.15. The lowest BCUT2D eigenvalue weighted by molar-refractivity contribution is 0.540. The topological polar surface area (TPSA) is 0 Å². The fourth-order valence-electron chi connectivity index (χ4n) is 3.12. The van der Waals surface area contributed by atoms with Gasteiger partial charge in [0, 0.05) is 0 Å². The molecule has 0 radical (unpaired) electrons.